The van der Waals surface area contributed by atoms with Crippen LogP contribution in [0.3, 0.4) is 0 Å². The van der Waals surface area contributed by atoms with Crippen molar-refractivity contribution in [1.29, 1.82) is 0 Å². The van der Waals surface area contributed by atoms with Crippen molar-refractivity contribution in [1.82, 2.24) is 0 Å². The fraction of sp³-hybridized carbons (Fsp3) is 0.462. The van der Waals surface area contributed by atoms with Crippen LogP contribution in [-0.2, 0) is 16.0 Å². The van der Waals surface area contributed by atoms with Gasteiger partial charge in [-0.1, -0.05) is 30.3 Å². The van der Waals surface area contributed by atoms with Crippen molar-refractivity contribution in [2.45, 2.75) is 32.3 Å². The first kappa shape index (κ1) is 10.2. The molecule has 0 N–H and O–H groups in total. The van der Waals surface area contributed by atoms with Crippen LogP contribution in [-0.4, -0.2) is 11.6 Å². The van der Waals surface area contributed by atoms with Crippen molar-refractivity contribution in [3.63, 3.8) is 0 Å². The van der Waals surface area contributed by atoms with Crippen LogP contribution in [0.25, 0.3) is 0 Å². The number of rotatable bonds is 3. The Morgan fingerprint density at radius 3 is 2.47 bits per heavy atom. The van der Waals surface area contributed by atoms with Crippen molar-refractivity contribution >= 4 is 5.97 Å². The van der Waals surface area contributed by atoms with E-state index in [-0.39, 0.29) is 17.5 Å². The summed E-state index contributed by atoms with van der Waals surface area (Å²) < 4.78 is 5.09. The highest BCUT2D eigenvalue weighted by Gasteiger charge is 2.48. The molecule has 0 radical (unpaired) electrons. The molecule has 0 aromatic heterocycles. The van der Waals surface area contributed by atoms with E-state index in [4.69, 9.17) is 4.74 Å². The van der Waals surface area contributed by atoms with E-state index >= 15 is 0 Å². The van der Waals surface area contributed by atoms with Crippen LogP contribution in [0.2, 0.25) is 0 Å². The molecule has 80 valence electrons. The Labute approximate surface area is 90.3 Å². The zero-order chi connectivity index (χ0) is 10.9. The molecule has 1 aromatic rings. The normalized spacial score (nSPS) is 23.1. The van der Waals surface area contributed by atoms with Crippen molar-refractivity contribution in [2.24, 2.45) is 5.92 Å². The highest BCUT2D eigenvalue weighted by atomic mass is 16.6. The summed E-state index contributed by atoms with van der Waals surface area (Å²) >= 11 is 0. The maximum absolute atomic E-state index is 11.2. The van der Waals surface area contributed by atoms with Crippen LogP contribution in [0, 0.1) is 5.92 Å². The van der Waals surface area contributed by atoms with Gasteiger partial charge in [-0.25, -0.2) is 0 Å². The fourth-order valence-electron chi connectivity index (χ4n) is 2.05. The molecular weight excluding hydrogens is 188 g/mol. The summed E-state index contributed by atoms with van der Waals surface area (Å²) in [6.07, 6.45) is 1.83. The number of carbonyl (C=O) groups excluding carboxylic acids is 1. The minimum Gasteiger partial charge on any atom is -0.458 e. The highest BCUT2D eigenvalue weighted by Crippen LogP contribution is 2.36. The lowest BCUT2D eigenvalue weighted by molar-refractivity contribution is -0.205. The van der Waals surface area contributed by atoms with Gasteiger partial charge in [-0.2, -0.15) is 0 Å². The maximum atomic E-state index is 11.2. The second kappa shape index (κ2) is 3.69. The molecule has 0 spiro atoms. The van der Waals surface area contributed by atoms with Gasteiger partial charge in [0.1, 0.15) is 5.60 Å². The smallest absolute Gasteiger partial charge is 0.313 e. The number of aryl methyl sites for hydroxylation is 1. The van der Waals surface area contributed by atoms with Gasteiger partial charge in [-0.05, 0) is 32.3 Å². The van der Waals surface area contributed by atoms with E-state index < -0.39 is 0 Å². The Morgan fingerprint density at radius 1 is 1.27 bits per heavy atom. The predicted molar refractivity (Wildman–Crippen MR) is 58.4 cm³/mol. The molecule has 2 rings (SSSR count). The number of hydrogen-bond acceptors (Lipinski definition) is 2. The fourth-order valence-corrected chi connectivity index (χ4v) is 2.05. The minimum atomic E-state index is -0.258. The largest absolute Gasteiger partial charge is 0.458 e. The average molecular weight is 204 g/mol. The van der Waals surface area contributed by atoms with Crippen molar-refractivity contribution < 1.29 is 9.53 Å². The van der Waals surface area contributed by atoms with Crippen LogP contribution in [0.5, 0.6) is 0 Å². The molecule has 1 aromatic carbocycles. The molecule has 2 nitrogen and oxygen atoms in total. The summed E-state index contributed by atoms with van der Waals surface area (Å²) in [6.45, 7) is 3.95. The summed E-state index contributed by atoms with van der Waals surface area (Å²) in [7, 11) is 0. The van der Waals surface area contributed by atoms with E-state index in [0.29, 0.717) is 0 Å². The van der Waals surface area contributed by atoms with Crippen molar-refractivity contribution in [2.75, 3.05) is 0 Å². The molecule has 2 heteroatoms. The van der Waals surface area contributed by atoms with E-state index in [9.17, 15) is 4.79 Å². The van der Waals surface area contributed by atoms with Gasteiger partial charge in [0.15, 0.2) is 0 Å². The Bertz CT molecular complexity index is 354. The van der Waals surface area contributed by atoms with Crippen molar-refractivity contribution in [3.05, 3.63) is 35.9 Å². The molecule has 1 atom stereocenters. The molecule has 1 aliphatic rings. The van der Waals surface area contributed by atoms with Gasteiger partial charge in [0.25, 0.3) is 0 Å². The summed E-state index contributed by atoms with van der Waals surface area (Å²) in [4.78, 5) is 11.2. The molecule has 0 aliphatic carbocycles. The lowest BCUT2D eigenvalue weighted by atomic mass is 9.81. The quantitative estimate of drug-likeness (QED) is 0.707. The van der Waals surface area contributed by atoms with E-state index in [1.807, 2.05) is 32.0 Å². The zero-order valence-electron chi connectivity index (χ0n) is 9.19. The molecule has 15 heavy (non-hydrogen) atoms. The SMILES string of the molecule is CC1(C)OC(=O)C1CCc1ccccc1. The molecule has 1 saturated heterocycles. The monoisotopic (exact) mass is 204 g/mol. The van der Waals surface area contributed by atoms with Gasteiger partial charge >= 0.3 is 5.97 Å². The number of ether oxygens (including phenoxy) is 1. The summed E-state index contributed by atoms with van der Waals surface area (Å²) in [5, 5.41) is 0. The first-order chi connectivity index (χ1) is 7.09. The molecule has 1 fully saturated rings. The first-order valence-electron chi connectivity index (χ1n) is 5.36. The average Bonchev–Trinajstić information content (AvgIpc) is 2.18. The third-order valence-electron chi connectivity index (χ3n) is 3.05. The second-order valence-electron chi connectivity index (χ2n) is 4.60. The highest BCUT2D eigenvalue weighted by molar-refractivity contribution is 5.79. The molecule has 1 heterocycles. The number of hydrogen-bond donors (Lipinski definition) is 0. The second-order valence-corrected chi connectivity index (χ2v) is 4.60. The van der Waals surface area contributed by atoms with Crippen LogP contribution < -0.4 is 0 Å². The standard InChI is InChI=1S/C13H16O2/c1-13(2)11(12(14)15-13)9-8-10-6-4-3-5-7-10/h3-7,11H,8-9H2,1-2H3. The molecular formula is C13H16O2. The maximum Gasteiger partial charge on any atom is 0.313 e. The predicted octanol–water partition coefficient (Wildman–Crippen LogP) is 2.57. The van der Waals surface area contributed by atoms with E-state index in [1.165, 1.54) is 5.56 Å². The van der Waals surface area contributed by atoms with E-state index in [0.717, 1.165) is 12.8 Å². The van der Waals surface area contributed by atoms with Gasteiger partial charge in [0, 0.05) is 0 Å². The molecule has 0 bridgehead atoms. The number of esters is 1. The van der Waals surface area contributed by atoms with Gasteiger partial charge < -0.3 is 4.74 Å². The van der Waals surface area contributed by atoms with Crippen LogP contribution >= 0.6 is 0 Å². The summed E-state index contributed by atoms with van der Waals surface area (Å²) in [5.74, 6) is 0.0219. The number of benzene rings is 1. The summed E-state index contributed by atoms with van der Waals surface area (Å²) in [6, 6.07) is 10.2. The summed E-state index contributed by atoms with van der Waals surface area (Å²) in [5.41, 5.74) is 1.03. The third kappa shape index (κ3) is 2.04. The third-order valence-corrected chi connectivity index (χ3v) is 3.05. The van der Waals surface area contributed by atoms with Gasteiger partial charge in [-0.15, -0.1) is 0 Å². The van der Waals surface area contributed by atoms with E-state index in [2.05, 4.69) is 12.1 Å². The molecule has 0 amide bonds. The van der Waals surface area contributed by atoms with Crippen LogP contribution in [0.1, 0.15) is 25.8 Å². The van der Waals surface area contributed by atoms with Gasteiger partial charge in [0.05, 0.1) is 5.92 Å². The van der Waals surface area contributed by atoms with Crippen LogP contribution in [0.15, 0.2) is 30.3 Å². The molecule has 1 unspecified atom stereocenters. The van der Waals surface area contributed by atoms with Gasteiger partial charge in [-0.3, -0.25) is 4.79 Å². The number of carbonyl (C=O) groups is 1. The van der Waals surface area contributed by atoms with Crippen molar-refractivity contribution in [3.8, 4) is 0 Å². The Balaban J connectivity index is 1.92. The topological polar surface area (TPSA) is 26.3 Å². The molecule has 1 aliphatic heterocycles. The Morgan fingerprint density at radius 2 is 1.93 bits per heavy atom. The lowest BCUT2D eigenvalue weighted by Crippen LogP contribution is -2.53. The lowest BCUT2D eigenvalue weighted by Gasteiger charge is -2.42. The molecule has 0 saturated carbocycles. The van der Waals surface area contributed by atoms with E-state index in [1.54, 1.807) is 0 Å². The number of cyclic esters (lactones) is 1. The Hall–Kier alpha value is -1.31. The van der Waals surface area contributed by atoms with Crippen LogP contribution in [0.4, 0.5) is 0 Å². The Kier molecular flexibility index (Phi) is 2.51. The first-order valence-corrected chi connectivity index (χ1v) is 5.36. The minimum absolute atomic E-state index is 0.0454. The van der Waals surface area contributed by atoms with Gasteiger partial charge in [0.2, 0.25) is 0 Å². The zero-order valence-corrected chi connectivity index (χ0v) is 9.19.